The summed E-state index contributed by atoms with van der Waals surface area (Å²) < 4.78 is 0. The van der Waals surface area contributed by atoms with Gasteiger partial charge in [0.25, 0.3) is 5.69 Å². The standard InChI is InChI=1S/C14H21N3O2.ClH/c1-11(15)13-6-8-16(9-7-13)10-12-2-4-14(5-3-12)17(18)19;/h2-5,11,13H,6-10,15H2,1H3;1H. The number of nitro groups is 1. The number of nitro benzene ring substituents is 1. The first kappa shape index (κ1) is 16.9. The van der Waals surface area contributed by atoms with Crippen LogP contribution in [0, 0.1) is 16.0 Å². The maximum Gasteiger partial charge on any atom is 0.269 e. The lowest BCUT2D eigenvalue weighted by Gasteiger charge is -2.33. The van der Waals surface area contributed by atoms with Crippen LogP contribution >= 0.6 is 12.4 Å². The molecule has 0 radical (unpaired) electrons. The summed E-state index contributed by atoms with van der Waals surface area (Å²) in [6.07, 6.45) is 2.29. The fourth-order valence-corrected chi connectivity index (χ4v) is 2.62. The molecule has 2 N–H and O–H groups in total. The zero-order chi connectivity index (χ0) is 13.8. The van der Waals surface area contributed by atoms with Crippen molar-refractivity contribution in [2.45, 2.75) is 32.4 Å². The van der Waals surface area contributed by atoms with E-state index in [-0.39, 0.29) is 29.1 Å². The van der Waals surface area contributed by atoms with Gasteiger partial charge in [-0.2, -0.15) is 0 Å². The minimum Gasteiger partial charge on any atom is -0.328 e. The van der Waals surface area contributed by atoms with Crippen LogP contribution in [-0.2, 0) is 6.54 Å². The lowest BCUT2D eigenvalue weighted by molar-refractivity contribution is -0.384. The van der Waals surface area contributed by atoms with Gasteiger partial charge >= 0.3 is 0 Å². The molecule has 1 fully saturated rings. The molecule has 1 aliphatic heterocycles. The van der Waals surface area contributed by atoms with Gasteiger partial charge in [-0.15, -0.1) is 12.4 Å². The second kappa shape index (κ2) is 7.57. The SMILES string of the molecule is CC(N)C1CCN(Cc2ccc([N+](=O)[O-])cc2)CC1.Cl. The smallest absolute Gasteiger partial charge is 0.269 e. The molecule has 0 bridgehead atoms. The monoisotopic (exact) mass is 299 g/mol. The molecule has 1 heterocycles. The fraction of sp³-hybridized carbons (Fsp3) is 0.571. The van der Waals surface area contributed by atoms with E-state index in [1.807, 2.05) is 12.1 Å². The first-order chi connectivity index (χ1) is 9.06. The summed E-state index contributed by atoms with van der Waals surface area (Å²) >= 11 is 0. The van der Waals surface area contributed by atoms with Crippen molar-refractivity contribution in [1.29, 1.82) is 0 Å². The minimum absolute atomic E-state index is 0. The number of nitrogens with zero attached hydrogens (tertiary/aromatic N) is 2. The molecule has 0 spiro atoms. The molecule has 1 saturated heterocycles. The van der Waals surface area contributed by atoms with Crippen LogP contribution in [0.4, 0.5) is 5.69 Å². The average molecular weight is 300 g/mol. The lowest BCUT2D eigenvalue weighted by atomic mass is 9.91. The van der Waals surface area contributed by atoms with E-state index in [2.05, 4.69) is 11.8 Å². The Hall–Kier alpha value is -1.17. The highest BCUT2D eigenvalue weighted by Gasteiger charge is 2.21. The van der Waals surface area contributed by atoms with E-state index < -0.39 is 0 Å². The number of halogens is 1. The number of piperidine rings is 1. The summed E-state index contributed by atoms with van der Waals surface area (Å²) in [4.78, 5) is 12.6. The highest BCUT2D eigenvalue weighted by molar-refractivity contribution is 5.85. The van der Waals surface area contributed by atoms with Crippen molar-refractivity contribution in [1.82, 2.24) is 4.90 Å². The summed E-state index contributed by atoms with van der Waals surface area (Å²) in [5, 5.41) is 10.6. The summed E-state index contributed by atoms with van der Waals surface area (Å²) in [5.74, 6) is 0.633. The Morgan fingerprint density at radius 2 is 1.90 bits per heavy atom. The van der Waals surface area contributed by atoms with Crippen LogP contribution < -0.4 is 5.73 Å². The van der Waals surface area contributed by atoms with E-state index in [4.69, 9.17) is 5.73 Å². The molecule has 6 heteroatoms. The second-order valence-electron chi connectivity index (χ2n) is 5.40. The van der Waals surface area contributed by atoms with Crippen molar-refractivity contribution in [2.24, 2.45) is 11.7 Å². The molecule has 1 atom stereocenters. The lowest BCUT2D eigenvalue weighted by Crippen LogP contribution is -2.39. The number of rotatable bonds is 4. The van der Waals surface area contributed by atoms with E-state index in [0.717, 1.165) is 38.0 Å². The third kappa shape index (κ3) is 4.44. The van der Waals surface area contributed by atoms with Gasteiger partial charge in [-0.05, 0) is 44.3 Å². The van der Waals surface area contributed by atoms with E-state index in [9.17, 15) is 10.1 Å². The zero-order valence-corrected chi connectivity index (χ0v) is 12.5. The van der Waals surface area contributed by atoms with E-state index in [0.29, 0.717) is 5.92 Å². The number of benzene rings is 1. The summed E-state index contributed by atoms with van der Waals surface area (Å²) in [6.45, 7) is 5.06. The normalized spacial score (nSPS) is 18.3. The van der Waals surface area contributed by atoms with Crippen LogP contribution in [0.15, 0.2) is 24.3 Å². The van der Waals surface area contributed by atoms with Gasteiger partial charge in [-0.25, -0.2) is 0 Å². The molecule has 0 aromatic heterocycles. The third-order valence-electron chi connectivity index (χ3n) is 3.93. The molecule has 0 amide bonds. The second-order valence-corrected chi connectivity index (χ2v) is 5.40. The van der Waals surface area contributed by atoms with Crippen LogP contribution in [0.3, 0.4) is 0 Å². The number of hydrogen-bond acceptors (Lipinski definition) is 4. The first-order valence-electron chi connectivity index (χ1n) is 6.77. The van der Waals surface area contributed by atoms with Gasteiger partial charge in [0.15, 0.2) is 0 Å². The molecule has 1 aromatic rings. The van der Waals surface area contributed by atoms with Crippen LogP contribution in [0.5, 0.6) is 0 Å². The van der Waals surface area contributed by atoms with Crippen LogP contribution in [0.2, 0.25) is 0 Å². The number of likely N-dealkylation sites (tertiary alicyclic amines) is 1. The van der Waals surface area contributed by atoms with Gasteiger partial charge in [-0.3, -0.25) is 15.0 Å². The predicted molar refractivity (Wildman–Crippen MR) is 82.0 cm³/mol. The van der Waals surface area contributed by atoms with Crippen molar-refractivity contribution in [3.8, 4) is 0 Å². The molecule has 5 nitrogen and oxygen atoms in total. The number of nitrogens with two attached hydrogens (primary N) is 1. The molecule has 112 valence electrons. The topological polar surface area (TPSA) is 72.4 Å². The molecular weight excluding hydrogens is 278 g/mol. The molecule has 20 heavy (non-hydrogen) atoms. The van der Waals surface area contributed by atoms with Gasteiger partial charge in [0.1, 0.15) is 0 Å². The van der Waals surface area contributed by atoms with Crippen LogP contribution in [0.1, 0.15) is 25.3 Å². The number of hydrogen-bond donors (Lipinski definition) is 1. The van der Waals surface area contributed by atoms with Gasteiger partial charge in [0.2, 0.25) is 0 Å². The van der Waals surface area contributed by atoms with Crippen molar-refractivity contribution in [2.75, 3.05) is 13.1 Å². The Morgan fingerprint density at radius 3 is 2.35 bits per heavy atom. The third-order valence-corrected chi connectivity index (χ3v) is 3.93. The molecule has 2 rings (SSSR count). The van der Waals surface area contributed by atoms with Gasteiger partial charge < -0.3 is 5.73 Å². The summed E-state index contributed by atoms with van der Waals surface area (Å²) in [5.41, 5.74) is 7.21. The average Bonchev–Trinajstić information content (AvgIpc) is 2.40. The van der Waals surface area contributed by atoms with Crippen molar-refractivity contribution >= 4 is 18.1 Å². The van der Waals surface area contributed by atoms with E-state index in [1.165, 1.54) is 0 Å². The van der Waals surface area contributed by atoms with E-state index >= 15 is 0 Å². The molecule has 1 unspecified atom stereocenters. The molecule has 1 aliphatic rings. The number of non-ortho nitro benzene ring substituents is 1. The van der Waals surface area contributed by atoms with Gasteiger partial charge in [0.05, 0.1) is 4.92 Å². The van der Waals surface area contributed by atoms with Crippen LogP contribution in [-0.4, -0.2) is 29.0 Å². The van der Waals surface area contributed by atoms with Gasteiger partial charge in [-0.1, -0.05) is 12.1 Å². The predicted octanol–water partition coefficient (Wildman–Crippen LogP) is 2.58. The molecule has 1 aromatic carbocycles. The van der Waals surface area contributed by atoms with Crippen LogP contribution in [0.25, 0.3) is 0 Å². The highest BCUT2D eigenvalue weighted by Crippen LogP contribution is 2.21. The highest BCUT2D eigenvalue weighted by atomic mass is 35.5. The first-order valence-corrected chi connectivity index (χ1v) is 6.77. The largest absolute Gasteiger partial charge is 0.328 e. The molecule has 0 aliphatic carbocycles. The maximum atomic E-state index is 10.6. The quantitative estimate of drug-likeness (QED) is 0.685. The van der Waals surface area contributed by atoms with Gasteiger partial charge in [0, 0.05) is 24.7 Å². The summed E-state index contributed by atoms with van der Waals surface area (Å²) in [6, 6.07) is 7.11. The van der Waals surface area contributed by atoms with E-state index in [1.54, 1.807) is 12.1 Å². The molecular formula is C14H22ClN3O2. The minimum atomic E-state index is -0.363. The Labute approximate surface area is 125 Å². The Kier molecular flexibility index (Phi) is 6.39. The van der Waals surface area contributed by atoms with Crippen molar-refractivity contribution in [3.05, 3.63) is 39.9 Å². The Morgan fingerprint density at radius 1 is 1.35 bits per heavy atom. The zero-order valence-electron chi connectivity index (χ0n) is 11.7. The Balaban J connectivity index is 0.00000200. The Bertz CT molecular complexity index is 429. The summed E-state index contributed by atoms with van der Waals surface area (Å²) in [7, 11) is 0. The van der Waals surface area contributed by atoms with Crippen molar-refractivity contribution in [3.63, 3.8) is 0 Å². The maximum absolute atomic E-state index is 10.6. The molecule has 0 saturated carbocycles. The van der Waals surface area contributed by atoms with Crippen molar-refractivity contribution < 1.29 is 4.92 Å². The fourth-order valence-electron chi connectivity index (χ4n) is 2.62.